The van der Waals surface area contributed by atoms with Crippen LogP contribution in [0.25, 0.3) is 0 Å². The molecule has 0 saturated heterocycles. The Labute approximate surface area is 142 Å². The van der Waals surface area contributed by atoms with Gasteiger partial charge in [-0.2, -0.15) is 5.26 Å². The van der Waals surface area contributed by atoms with Crippen molar-refractivity contribution in [2.24, 2.45) is 5.73 Å². The predicted octanol–water partition coefficient (Wildman–Crippen LogP) is 1.90. The predicted molar refractivity (Wildman–Crippen MR) is 91.6 cm³/mol. The first-order valence-corrected chi connectivity index (χ1v) is 7.52. The topological polar surface area (TPSA) is 125 Å². The Morgan fingerprint density at radius 1 is 1.29 bits per heavy atom. The number of carbonyl (C=O) groups is 2. The molecule has 4 N–H and O–H groups in total. The van der Waals surface area contributed by atoms with Crippen LogP contribution in [0.15, 0.2) is 12.1 Å². The molecule has 1 atom stereocenters. The lowest BCUT2D eigenvalue weighted by atomic mass is 10.0. The van der Waals surface area contributed by atoms with Crippen molar-refractivity contribution in [1.29, 1.82) is 5.26 Å². The minimum atomic E-state index is -0.968. The zero-order chi connectivity index (χ0) is 18.7. The maximum atomic E-state index is 11.7. The van der Waals surface area contributed by atoms with Gasteiger partial charge < -0.3 is 20.9 Å². The lowest BCUT2D eigenvalue weighted by Gasteiger charge is -2.17. The number of nitrogens with zero attached hydrogens (tertiary/aromatic N) is 1. The first-order chi connectivity index (χ1) is 11.2. The highest BCUT2D eigenvalue weighted by molar-refractivity contribution is 5.79. The summed E-state index contributed by atoms with van der Waals surface area (Å²) < 4.78 is 4.99. The number of aryl methyl sites for hydroxylation is 3. The second-order valence-corrected chi connectivity index (χ2v) is 5.29. The number of nitriles is 1. The third-order valence-electron chi connectivity index (χ3n) is 3.20. The molecule has 0 heterocycles. The Hall–Kier alpha value is -2.59. The number of aliphatic carboxylic acids is 1. The number of carboxylic acid groups (broad SMARTS) is 1. The molecule has 0 radical (unpaired) electrons. The van der Waals surface area contributed by atoms with Gasteiger partial charge in [0, 0.05) is 5.69 Å². The minimum absolute atomic E-state index is 0.146. The molecule has 0 saturated carbocycles. The van der Waals surface area contributed by atoms with Crippen LogP contribution in [0.5, 0.6) is 0 Å². The van der Waals surface area contributed by atoms with E-state index in [1.165, 1.54) is 11.1 Å². The first-order valence-electron chi connectivity index (χ1n) is 7.52. The van der Waals surface area contributed by atoms with E-state index in [9.17, 15) is 9.59 Å². The molecular weight excluding hydrogens is 310 g/mol. The molecule has 132 valence electrons. The van der Waals surface area contributed by atoms with Gasteiger partial charge in [0.25, 0.3) is 0 Å². The van der Waals surface area contributed by atoms with Crippen LogP contribution in [0, 0.1) is 32.1 Å². The SMILES string of the molecule is Cc1cc(C)c(N[C@@H](C)C(=O)OCCC#N)cc1C.NCC(=O)O. The molecule has 0 aromatic heterocycles. The molecule has 0 amide bonds. The third kappa shape index (κ3) is 8.15. The van der Waals surface area contributed by atoms with Crippen LogP contribution in [0.1, 0.15) is 30.0 Å². The number of carbonyl (C=O) groups excluding carboxylic acids is 1. The largest absolute Gasteiger partial charge is 0.480 e. The van der Waals surface area contributed by atoms with E-state index in [4.69, 9.17) is 15.1 Å². The zero-order valence-electron chi connectivity index (χ0n) is 14.5. The number of esters is 1. The number of benzene rings is 1. The van der Waals surface area contributed by atoms with E-state index in [1.807, 2.05) is 26.0 Å². The first kappa shape index (κ1) is 21.4. The molecule has 7 nitrogen and oxygen atoms in total. The van der Waals surface area contributed by atoms with Crippen molar-refractivity contribution >= 4 is 17.6 Å². The average Bonchev–Trinajstić information content (AvgIpc) is 2.53. The maximum absolute atomic E-state index is 11.7. The average molecular weight is 335 g/mol. The molecule has 0 fully saturated rings. The Balaban J connectivity index is 0.000000922. The van der Waals surface area contributed by atoms with Crippen LogP contribution in [-0.4, -0.2) is 36.2 Å². The van der Waals surface area contributed by atoms with E-state index in [-0.39, 0.29) is 25.5 Å². The summed E-state index contributed by atoms with van der Waals surface area (Å²) in [6, 6.07) is 5.63. The molecular formula is C17H25N3O4. The van der Waals surface area contributed by atoms with E-state index in [1.54, 1.807) is 6.92 Å². The normalized spacial score (nSPS) is 10.7. The monoisotopic (exact) mass is 335 g/mol. The molecule has 1 aromatic rings. The van der Waals surface area contributed by atoms with Gasteiger partial charge in [-0.1, -0.05) is 6.07 Å². The fraction of sp³-hybridized carbons (Fsp3) is 0.471. The van der Waals surface area contributed by atoms with Crippen molar-refractivity contribution in [3.8, 4) is 6.07 Å². The van der Waals surface area contributed by atoms with Crippen molar-refractivity contribution in [1.82, 2.24) is 0 Å². The number of nitrogens with one attached hydrogen (secondary N) is 1. The second-order valence-electron chi connectivity index (χ2n) is 5.29. The van der Waals surface area contributed by atoms with E-state index in [0.29, 0.717) is 0 Å². The van der Waals surface area contributed by atoms with E-state index in [2.05, 4.69) is 24.0 Å². The van der Waals surface area contributed by atoms with Gasteiger partial charge in [0.15, 0.2) is 0 Å². The molecule has 7 heteroatoms. The summed E-state index contributed by atoms with van der Waals surface area (Å²) >= 11 is 0. The quantitative estimate of drug-likeness (QED) is 0.535. The maximum Gasteiger partial charge on any atom is 0.328 e. The van der Waals surface area contributed by atoms with Crippen LogP contribution in [0.3, 0.4) is 0 Å². The molecule has 1 rings (SSSR count). The highest BCUT2D eigenvalue weighted by Gasteiger charge is 2.15. The Kier molecular flexibility index (Phi) is 9.83. The number of hydrogen-bond acceptors (Lipinski definition) is 6. The van der Waals surface area contributed by atoms with Gasteiger partial charge in [-0.15, -0.1) is 0 Å². The molecule has 0 bridgehead atoms. The van der Waals surface area contributed by atoms with Crippen molar-refractivity contribution in [2.75, 3.05) is 18.5 Å². The molecule has 0 aliphatic carbocycles. The summed E-state index contributed by atoms with van der Waals surface area (Å²) in [6.45, 7) is 7.72. The summed E-state index contributed by atoms with van der Waals surface area (Å²) in [5, 5.41) is 19.1. The van der Waals surface area contributed by atoms with Gasteiger partial charge in [-0.05, 0) is 50.5 Å². The smallest absolute Gasteiger partial charge is 0.328 e. The molecule has 0 spiro atoms. The molecule has 0 aliphatic heterocycles. The van der Waals surface area contributed by atoms with Crippen molar-refractivity contribution in [3.05, 3.63) is 28.8 Å². The number of ether oxygens (including phenoxy) is 1. The van der Waals surface area contributed by atoms with Gasteiger partial charge in [0.05, 0.1) is 19.0 Å². The van der Waals surface area contributed by atoms with Crippen LogP contribution < -0.4 is 11.1 Å². The van der Waals surface area contributed by atoms with E-state index < -0.39 is 12.0 Å². The van der Waals surface area contributed by atoms with Gasteiger partial charge in [-0.25, -0.2) is 4.79 Å². The standard InChI is InChI=1S/C15H20N2O2.C2H5NO2/c1-10-8-12(3)14(9-11(10)2)17-13(4)15(18)19-7-5-6-16;3-1-2(4)5/h8-9,13,17H,5,7H2,1-4H3;1,3H2,(H,4,5)/t13-;/m0./s1. The van der Waals surface area contributed by atoms with E-state index in [0.717, 1.165) is 11.3 Å². The van der Waals surface area contributed by atoms with Gasteiger partial charge in [0.2, 0.25) is 0 Å². The van der Waals surface area contributed by atoms with Crippen molar-refractivity contribution in [3.63, 3.8) is 0 Å². The lowest BCUT2D eigenvalue weighted by molar-refractivity contribution is -0.144. The second kappa shape index (κ2) is 11.0. The van der Waals surface area contributed by atoms with Gasteiger partial charge >= 0.3 is 11.9 Å². The Morgan fingerprint density at radius 3 is 2.33 bits per heavy atom. The highest BCUT2D eigenvalue weighted by Crippen LogP contribution is 2.20. The number of nitrogens with two attached hydrogens (primary N) is 1. The van der Waals surface area contributed by atoms with E-state index >= 15 is 0 Å². The lowest BCUT2D eigenvalue weighted by Crippen LogP contribution is -2.28. The summed E-state index contributed by atoms with van der Waals surface area (Å²) in [7, 11) is 0. The number of carboxylic acids is 1. The summed E-state index contributed by atoms with van der Waals surface area (Å²) in [5.74, 6) is -1.31. The number of hydrogen-bond donors (Lipinski definition) is 3. The van der Waals surface area contributed by atoms with Crippen LogP contribution in [-0.2, 0) is 14.3 Å². The summed E-state index contributed by atoms with van der Waals surface area (Å²) in [5.41, 5.74) is 9.01. The van der Waals surface area contributed by atoms with Crippen LogP contribution in [0.2, 0.25) is 0 Å². The Bertz CT molecular complexity index is 609. The van der Waals surface area contributed by atoms with Crippen LogP contribution in [0.4, 0.5) is 5.69 Å². The van der Waals surface area contributed by atoms with Gasteiger partial charge in [0.1, 0.15) is 12.6 Å². The van der Waals surface area contributed by atoms with Crippen molar-refractivity contribution in [2.45, 2.75) is 40.2 Å². The Morgan fingerprint density at radius 2 is 1.83 bits per heavy atom. The summed E-state index contributed by atoms with van der Waals surface area (Å²) in [4.78, 5) is 20.9. The van der Waals surface area contributed by atoms with Crippen LogP contribution >= 0.6 is 0 Å². The molecule has 24 heavy (non-hydrogen) atoms. The van der Waals surface area contributed by atoms with Crippen molar-refractivity contribution < 1.29 is 19.4 Å². The molecule has 0 unspecified atom stereocenters. The summed E-state index contributed by atoms with van der Waals surface area (Å²) in [6.07, 6.45) is 0.223. The molecule has 0 aliphatic rings. The third-order valence-corrected chi connectivity index (χ3v) is 3.20. The molecule has 1 aromatic carbocycles. The highest BCUT2D eigenvalue weighted by atomic mass is 16.5. The number of anilines is 1. The number of rotatable bonds is 6. The minimum Gasteiger partial charge on any atom is -0.480 e. The zero-order valence-corrected chi connectivity index (χ0v) is 14.5. The van der Waals surface area contributed by atoms with Gasteiger partial charge in [-0.3, -0.25) is 4.79 Å². The fourth-order valence-electron chi connectivity index (χ4n) is 1.73. The fourth-order valence-corrected chi connectivity index (χ4v) is 1.73.